The Labute approximate surface area is 132 Å². The number of aliphatic hydroxyl groups excluding tert-OH is 1. The van der Waals surface area contributed by atoms with Crippen molar-refractivity contribution in [2.45, 2.75) is 30.8 Å². The number of aromatic nitrogens is 2. The van der Waals surface area contributed by atoms with Gasteiger partial charge in [0, 0.05) is 34.3 Å². The van der Waals surface area contributed by atoms with E-state index in [0.717, 1.165) is 22.3 Å². The highest BCUT2D eigenvalue weighted by molar-refractivity contribution is 9.10. The zero-order chi connectivity index (χ0) is 14.5. The molecule has 1 aromatic heterocycles. The second-order valence-corrected chi connectivity index (χ2v) is 6.74. The Morgan fingerprint density at radius 1 is 1.35 bits per heavy atom. The van der Waals surface area contributed by atoms with Crippen molar-refractivity contribution in [3.05, 3.63) is 46.2 Å². The third kappa shape index (κ3) is 4.36. The zero-order valence-corrected chi connectivity index (χ0v) is 14.1. The number of aryl methyl sites for hydroxylation is 2. The first-order valence-corrected chi connectivity index (χ1v) is 8.44. The molecule has 108 valence electrons. The minimum absolute atomic E-state index is 0.358. The Morgan fingerprint density at radius 2 is 2.05 bits per heavy atom. The highest BCUT2D eigenvalue weighted by Crippen LogP contribution is 2.22. The van der Waals surface area contributed by atoms with Crippen molar-refractivity contribution < 1.29 is 5.11 Å². The summed E-state index contributed by atoms with van der Waals surface area (Å²) in [5, 5.41) is 14.6. The molecule has 2 rings (SSSR count). The fraction of sp³-hybridized carbons (Fsp3) is 0.400. The quantitative estimate of drug-likeness (QED) is 0.807. The molecule has 1 atom stereocenters. The third-order valence-corrected chi connectivity index (χ3v) is 4.78. The van der Waals surface area contributed by atoms with Gasteiger partial charge in [-0.1, -0.05) is 22.9 Å². The number of hydrogen-bond acceptors (Lipinski definition) is 3. The Hall–Kier alpha value is -0.780. The van der Waals surface area contributed by atoms with Gasteiger partial charge in [0.2, 0.25) is 0 Å². The number of benzene rings is 1. The Kier molecular flexibility index (Phi) is 5.69. The van der Waals surface area contributed by atoms with Gasteiger partial charge in [0.1, 0.15) is 0 Å². The van der Waals surface area contributed by atoms with Crippen molar-refractivity contribution in [2.75, 3.05) is 5.75 Å². The van der Waals surface area contributed by atoms with E-state index in [-0.39, 0.29) is 6.10 Å². The number of nitrogens with zero attached hydrogens (tertiary/aromatic N) is 2. The predicted octanol–water partition coefficient (Wildman–Crippen LogP) is 3.44. The van der Waals surface area contributed by atoms with Crippen LogP contribution in [0.1, 0.15) is 18.3 Å². The van der Waals surface area contributed by atoms with E-state index in [1.807, 2.05) is 23.9 Å². The summed E-state index contributed by atoms with van der Waals surface area (Å²) in [6.07, 6.45) is 1.22. The minimum atomic E-state index is -0.358. The summed E-state index contributed by atoms with van der Waals surface area (Å²) in [5.74, 6) is 0.689. The van der Waals surface area contributed by atoms with Gasteiger partial charge in [0.15, 0.2) is 0 Å². The Morgan fingerprint density at radius 3 is 2.65 bits per heavy atom. The maximum Gasteiger partial charge on any atom is 0.0689 e. The number of halogens is 1. The summed E-state index contributed by atoms with van der Waals surface area (Å²) in [7, 11) is 1.93. The lowest BCUT2D eigenvalue weighted by atomic mass is 10.2. The fourth-order valence-corrected chi connectivity index (χ4v) is 3.05. The van der Waals surface area contributed by atoms with Gasteiger partial charge >= 0.3 is 0 Å². The van der Waals surface area contributed by atoms with Crippen molar-refractivity contribution >= 4 is 27.7 Å². The van der Waals surface area contributed by atoms with Crippen molar-refractivity contribution in [1.29, 1.82) is 0 Å². The number of aliphatic hydroxyl groups is 1. The number of thioether (sulfide) groups is 1. The topological polar surface area (TPSA) is 38.0 Å². The van der Waals surface area contributed by atoms with E-state index in [1.165, 1.54) is 4.90 Å². The second-order valence-electron chi connectivity index (χ2n) is 4.73. The molecule has 2 aromatic rings. The summed E-state index contributed by atoms with van der Waals surface area (Å²) >= 11 is 5.09. The maximum absolute atomic E-state index is 10.2. The lowest BCUT2D eigenvalue weighted by Gasteiger charge is -2.10. The van der Waals surface area contributed by atoms with Crippen LogP contribution < -0.4 is 0 Å². The SMILES string of the molecule is CCc1cc(CC(O)CSc2ccc(Br)cc2)n(C)n1. The van der Waals surface area contributed by atoms with Crippen molar-refractivity contribution in [2.24, 2.45) is 7.05 Å². The van der Waals surface area contributed by atoms with Crippen LogP contribution in [-0.2, 0) is 19.9 Å². The summed E-state index contributed by atoms with van der Waals surface area (Å²) in [5.41, 5.74) is 2.17. The summed E-state index contributed by atoms with van der Waals surface area (Å²) < 4.78 is 2.94. The molecule has 5 heteroatoms. The largest absolute Gasteiger partial charge is 0.392 e. The van der Waals surface area contributed by atoms with Gasteiger partial charge < -0.3 is 5.11 Å². The Bertz CT molecular complexity index is 554. The summed E-state index contributed by atoms with van der Waals surface area (Å²) in [6, 6.07) is 10.2. The van der Waals surface area contributed by atoms with Crippen LogP contribution in [0.4, 0.5) is 0 Å². The number of rotatable bonds is 6. The fourth-order valence-electron chi connectivity index (χ4n) is 1.96. The molecule has 0 spiro atoms. The second kappa shape index (κ2) is 7.29. The molecule has 0 aliphatic carbocycles. The average molecular weight is 355 g/mol. The van der Waals surface area contributed by atoms with Crippen LogP contribution in [0.25, 0.3) is 0 Å². The van der Waals surface area contributed by atoms with E-state index in [1.54, 1.807) is 11.8 Å². The van der Waals surface area contributed by atoms with E-state index in [9.17, 15) is 5.11 Å². The first-order chi connectivity index (χ1) is 9.58. The average Bonchev–Trinajstić information content (AvgIpc) is 2.79. The van der Waals surface area contributed by atoms with E-state index >= 15 is 0 Å². The van der Waals surface area contributed by atoms with E-state index in [0.29, 0.717) is 12.2 Å². The normalized spacial score (nSPS) is 12.6. The molecule has 0 fully saturated rings. The van der Waals surface area contributed by atoms with Crippen molar-refractivity contribution in [3.63, 3.8) is 0 Å². The van der Waals surface area contributed by atoms with Gasteiger partial charge in [-0.25, -0.2) is 0 Å². The molecule has 0 amide bonds. The molecule has 1 heterocycles. The first kappa shape index (κ1) is 15.6. The van der Waals surface area contributed by atoms with Crippen LogP contribution in [0.15, 0.2) is 39.7 Å². The molecule has 0 aliphatic rings. The smallest absolute Gasteiger partial charge is 0.0689 e. The van der Waals surface area contributed by atoms with Crippen LogP contribution in [0.3, 0.4) is 0 Å². The van der Waals surface area contributed by atoms with Crippen molar-refractivity contribution in [1.82, 2.24) is 9.78 Å². The van der Waals surface area contributed by atoms with Crippen LogP contribution in [0, 0.1) is 0 Å². The van der Waals surface area contributed by atoms with Gasteiger partial charge in [-0.05, 0) is 36.8 Å². The molecule has 0 bridgehead atoms. The molecule has 0 saturated carbocycles. The van der Waals surface area contributed by atoms with Gasteiger partial charge in [-0.15, -0.1) is 11.8 Å². The predicted molar refractivity (Wildman–Crippen MR) is 87.2 cm³/mol. The molecule has 1 aromatic carbocycles. The molecule has 0 radical (unpaired) electrons. The maximum atomic E-state index is 10.2. The zero-order valence-electron chi connectivity index (χ0n) is 11.7. The van der Waals surface area contributed by atoms with Crippen LogP contribution in [-0.4, -0.2) is 26.7 Å². The van der Waals surface area contributed by atoms with Gasteiger partial charge in [-0.3, -0.25) is 4.68 Å². The monoisotopic (exact) mass is 354 g/mol. The molecule has 0 saturated heterocycles. The van der Waals surface area contributed by atoms with Crippen LogP contribution >= 0.6 is 27.7 Å². The third-order valence-electron chi connectivity index (χ3n) is 3.09. The lowest BCUT2D eigenvalue weighted by Crippen LogP contribution is -2.15. The van der Waals surface area contributed by atoms with E-state index < -0.39 is 0 Å². The molecule has 0 aliphatic heterocycles. The molecular formula is C15H19BrN2OS. The number of hydrogen-bond donors (Lipinski definition) is 1. The van der Waals surface area contributed by atoms with Crippen molar-refractivity contribution in [3.8, 4) is 0 Å². The summed E-state index contributed by atoms with van der Waals surface area (Å²) in [4.78, 5) is 1.17. The lowest BCUT2D eigenvalue weighted by molar-refractivity contribution is 0.197. The molecular weight excluding hydrogens is 336 g/mol. The van der Waals surface area contributed by atoms with Crippen LogP contribution in [0.5, 0.6) is 0 Å². The Balaban J connectivity index is 1.87. The molecule has 3 nitrogen and oxygen atoms in total. The van der Waals surface area contributed by atoms with E-state index in [4.69, 9.17) is 0 Å². The van der Waals surface area contributed by atoms with Gasteiger partial charge in [-0.2, -0.15) is 5.10 Å². The standard InChI is InChI=1S/C15H19BrN2OS/c1-3-12-8-13(18(2)17-12)9-14(19)10-20-15-6-4-11(16)5-7-15/h4-8,14,19H,3,9-10H2,1-2H3. The highest BCUT2D eigenvalue weighted by Gasteiger charge is 2.11. The minimum Gasteiger partial charge on any atom is -0.392 e. The summed E-state index contributed by atoms with van der Waals surface area (Å²) in [6.45, 7) is 2.09. The molecule has 1 N–H and O–H groups in total. The first-order valence-electron chi connectivity index (χ1n) is 6.66. The van der Waals surface area contributed by atoms with Gasteiger partial charge in [0.25, 0.3) is 0 Å². The van der Waals surface area contributed by atoms with Crippen LogP contribution in [0.2, 0.25) is 0 Å². The van der Waals surface area contributed by atoms with E-state index in [2.05, 4.69) is 46.2 Å². The highest BCUT2D eigenvalue weighted by atomic mass is 79.9. The molecule has 1 unspecified atom stereocenters. The molecule has 20 heavy (non-hydrogen) atoms. The van der Waals surface area contributed by atoms with Gasteiger partial charge in [0.05, 0.1) is 11.8 Å².